The van der Waals surface area contributed by atoms with Crippen molar-refractivity contribution in [1.29, 1.82) is 0 Å². The Kier molecular flexibility index (Phi) is 6.18. The molecule has 1 aromatic carbocycles. The van der Waals surface area contributed by atoms with Crippen molar-refractivity contribution in [1.82, 2.24) is 5.32 Å². The molecule has 0 spiro atoms. The molecule has 0 bridgehead atoms. The topological polar surface area (TPSA) is 67.8 Å². The minimum atomic E-state index is -0.591. The second-order valence-electron chi connectivity index (χ2n) is 3.73. The SMILES string of the molecule is CCOC(=O)C(NCCOC)c1cccc(O)c1. The number of carbonyl (C=O) groups is 1. The highest BCUT2D eigenvalue weighted by molar-refractivity contribution is 5.77. The molecule has 0 heterocycles. The summed E-state index contributed by atoms with van der Waals surface area (Å²) in [6, 6.07) is 5.96. The van der Waals surface area contributed by atoms with Crippen LogP contribution in [-0.4, -0.2) is 37.9 Å². The van der Waals surface area contributed by atoms with Gasteiger partial charge in [-0.3, -0.25) is 5.32 Å². The van der Waals surface area contributed by atoms with E-state index in [1.54, 1.807) is 38.3 Å². The van der Waals surface area contributed by atoms with Crippen LogP contribution >= 0.6 is 0 Å². The molecule has 0 aliphatic carbocycles. The molecule has 1 rings (SSSR count). The Labute approximate surface area is 107 Å². The van der Waals surface area contributed by atoms with Crippen LogP contribution in [0.1, 0.15) is 18.5 Å². The van der Waals surface area contributed by atoms with Gasteiger partial charge < -0.3 is 14.6 Å². The molecule has 1 atom stereocenters. The lowest BCUT2D eigenvalue weighted by atomic mass is 10.1. The molecule has 5 nitrogen and oxygen atoms in total. The van der Waals surface area contributed by atoms with Crippen LogP contribution in [0.5, 0.6) is 5.75 Å². The van der Waals surface area contributed by atoms with Crippen LogP contribution in [-0.2, 0) is 14.3 Å². The average Bonchev–Trinajstić information content (AvgIpc) is 2.35. The first-order chi connectivity index (χ1) is 8.69. The van der Waals surface area contributed by atoms with Crippen LogP contribution < -0.4 is 5.32 Å². The molecule has 0 aliphatic rings. The summed E-state index contributed by atoms with van der Waals surface area (Å²) in [5, 5.41) is 12.5. The lowest BCUT2D eigenvalue weighted by molar-refractivity contribution is -0.145. The zero-order chi connectivity index (χ0) is 13.4. The van der Waals surface area contributed by atoms with Gasteiger partial charge in [0.25, 0.3) is 0 Å². The van der Waals surface area contributed by atoms with E-state index in [0.29, 0.717) is 25.3 Å². The van der Waals surface area contributed by atoms with Gasteiger partial charge in [0.05, 0.1) is 13.2 Å². The smallest absolute Gasteiger partial charge is 0.327 e. The summed E-state index contributed by atoms with van der Waals surface area (Å²) in [4.78, 5) is 11.8. The lowest BCUT2D eigenvalue weighted by Gasteiger charge is -2.17. The number of carbonyl (C=O) groups excluding carboxylic acids is 1. The maximum Gasteiger partial charge on any atom is 0.327 e. The molecule has 0 saturated carbocycles. The van der Waals surface area contributed by atoms with Crippen LogP contribution in [0, 0.1) is 0 Å². The monoisotopic (exact) mass is 253 g/mol. The molecule has 1 aromatic rings. The minimum Gasteiger partial charge on any atom is -0.508 e. The van der Waals surface area contributed by atoms with Gasteiger partial charge in [0.15, 0.2) is 0 Å². The summed E-state index contributed by atoms with van der Waals surface area (Å²) in [6.07, 6.45) is 0. The van der Waals surface area contributed by atoms with Gasteiger partial charge in [0.2, 0.25) is 0 Å². The van der Waals surface area contributed by atoms with E-state index in [1.807, 2.05) is 0 Å². The molecular weight excluding hydrogens is 234 g/mol. The molecule has 1 unspecified atom stereocenters. The Balaban J connectivity index is 2.78. The summed E-state index contributed by atoms with van der Waals surface area (Å²) in [7, 11) is 1.59. The Bertz CT molecular complexity index is 381. The van der Waals surface area contributed by atoms with Gasteiger partial charge in [-0.05, 0) is 24.6 Å². The number of esters is 1. The fraction of sp³-hybridized carbons (Fsp3) is 0.462. The van der Waals surface area contributed by atoms with Gasteiger partial charge in [0.1, 0.15) is 11.8 Å². The summed E-state index contributed by atoms with van der Waals surface area (Å²) in [5.74, 6) is -0.241. The van der Waals surface area contributed by atoms with Crippen LogP contribution in [0.4, 0.5) is 0 Å². The Morgan fingerprint density at radius 2 is 2.28 bits per heavy atom. The summed E-state index contributed by atoms with van der Waals surface area (Å²) in [5.41, 5.74) is 0.671. The van der Waals surface area contributed by atoms with Crippen LogP contribution in [0.25, 0.3) is 0 Å². The molecule has 5 heteroatoms. The molecular formula is C13H19NO4. The number of phenols is 1. The fourth-order valence-corrected chi connectivity index (χ4v) is 1.57. The van der Waals surface area contributed by atoms with Crippen LogP contribution in [0.2, 0.25) is 0 Å². The Hall–Kier alpha value is -1.59. The van der Waals surface area contributed by atoms with Crippen molar-refractivity contribution in [3.63, 3.8) is 0 Å². The molecule has 0 saturated heterocycles. The number of hydrogen-bond acceptors (Lipinski definition) is 5. The first kappa shape index (κ1) is 14.5. The number of rotatable bonds is 7. The summed E-state index contributed by atoms with van der Waals surface area (Å²) in [6.45, 7) is 3.09. The number of ether oxygens (including phenoxy) is 2. The number of benzene rings is 1. The highest BCUT2D eigenvalue weighted by Gasteiger charge is 2.21. The molecule has 0 amide bonds. The summed E-state index contributed by atoms with van der Waals surface area (Å²) >= 11 is 0. The third-order valence-electron chi connectivity index (χ3n) is 2.38. The van der Waals surface area contributed by atoms with Crippen molar-refractivity contribution in [2.45, 2.75) is 13.0 Å². The van der Waals surface area contributed by atoms with Crippen molar-refractivity contribution < 1.29 is 19.4 Å². The number of phenolic OH excluding ortho intramolecular Hbond substituents is 1. The van der Waals surface area contributed by atoms with E-state index in [4.69, 9.17) is 9.47 Å². The predicted molar refractivity (Wildman–Crippen MR) is 67.4 cm³/mol. The maximum absolute atomic E-state index is 11.8. The standard InChI is InChI=1S/C13H19NO4/c1-3-18-13(16)12(14-7-8-17-2)10-5-4-6-11(15)9-10/h4-6,9,12,14-15H,3,7-8H2,1-2H3. The van der Waals surface area contributed by atoms with E-state index >= 15 is 0 Å². The molecule has 18 heavy (non-hydrogen) atoms. The lowest BCUT2D eigenvalue weighted by Crippen LogP contribution is -2.32. The molecule has 0 radical (unpaired) electrons. The fourth-order valence-electron chi connectivity index (χ4n) is 1.57. The van der Waals surface area contributed by atoms with E-state index in [1.165, 1.54) is 0 Å². The quantitative estimate of drug-likeness (QED) is 0.565. The van der Waals surface area contributed by atoms with E-state index in [2.05, 4.69) is 5.32 Å². The minimum absolute atomic E-state index is 0.121. The highest BCUT2D eigenvalue weighted by Crippen LogP contribution is 2.19. The van der Waals surface area contributed by atoms with E-state index < -0.39 is 6.04 Å². The zero-order valence-electron chi connectivity index (χ0n) is 10.7. The van der Waals surface area contributed by atoms with E-state index in [-0.39, 0.29) is 11.7 Å². The first-order valence-electron chi connectivity index (χ1n) is 5.87. The normalized spacial score (nSPS) is 12.1. The third kappa shape index (κ3) is 4.35. The van der Waals surface area contributed by atoms with Crippen molar-refractivity contribution in [3.8, 4) is 5.75 Å². The average molecular weight is 253 g/mol. The Morgan fingerprint density at radius 3 is 2.89 bits per heavy atom. The number of hydrogen-bond donors (Lipinski definition) is 2. The molecule has 0 fully saturated rings. The Morgan fingerprint density at radius 1 is 1.50 bits per heavy atom. The number of methoxy groups -OCH3 is 1. The summed E-state index contributed by atoms with van der Waals surface area (Å²) < 4.78 is 9.93. The molecule has 100 valence electrons. The van der Waals surface area contributed by atoms with Crippen LogP contribution in [0.15, 0.2) is 24.3 Å². The van der Waals surface area contributed by atoms with Crippen LogP contribution in [0.3, 0.4) is 0 Å². The van der Waals surface area contributed by atoms with Gasteiger partial charge >= 0.3 is 5.97 Å². The molecule has 2 N–H and O–H groups in total. The molecule has 0 aliphatic heterocycles. The zero-order valence-corrected chi connectivity index (χ0v) is 10.7. The highest BCUT2D eigenvalue weighted by atomic mass is 16.5. The second-order valence-corrected chi connectivity index (χ2v) is 3.73. The third-order valence-corrected chi connectivity index (χ3v) is 2.38. The largest absolute Gasteiger partial charge is 0.508 e. The van der Waals surface area contributed by atoms with Gasteiger partial charge in [-0.25, -0.2) is 4.79 Å². The second kappa shape index (κ2) is 7.68. The van der Waals surface area contributed by atoms with Gasteiger partial charge in [-0.2, -0.15) is 0 Å². The van der Waals surface area contributed by atoms with Crippen molar-refractivity contribution in [2.24, 2.45) is 0 Å². The number of aromatic hydroxyl groups is 1. The first-order valence-corrected chi connectivity index (χ1v) is 5.87. The van der Waals surface area contributed by atoms with E-state index in [9.17, 15) is 9.90 Å². The molecule has 0 aromatic heterocycles. The van der Waals surface area contributed by atoms with E-state index in [0.717, 1.165) is 0 Å². The predicted octanol–water partition coefficient (Wildman–Crippen LogP) is 1.23. The van der Waals surface area contributed by atoms with Gasteiger partial charge in [0, 0.05) is 13.7 Å². The van der Waals surface area contributed by atoms with Crippen molar-refractivity contribution >= 4 is 5.97 Å². The van der Waals surface area contributed by atoms with Crippen molar-refractivity contribution in [2.75, 3.05) is 26.9 Å². The van der Waals surface area contributed by atoms with Crippen molar-refractivity contribution in [3.05, 3.63) is 29.8 Å². The maximum atomic E-state index is 11.8. The number of nitrogens with one attached hydrogen (secondary N) is 1. The van der Waals surface area contributed by atoms with Gasteiger partial charge in [-0.1, -0.05) is 12.1 Å². The van der Waals surface area contributed by atoms with Gasteiger partial charge in [-0.15, -0.1) is 0 Å².